The van der Waals surface area contributed by atoms with Crippen molar-refractivity contribution in [3.8, 4) is 0 Å². The van der Waals surface area contributed by atoms with Gasteiger partial charge >= 0.3 is 0 Å². The molecule has 2 rings (SSSR count). The second-order valence-corrected chi connectivity index (χ2v) is 4.66. The fourth-order valence-electron chi connectivity index (χ4n) is 1.36. The van der Waals surface area contributed by atoms with E-state index in [1.165, 1.54) is 0 Å². The van der Waals surface area contributed by atoms with E-state index >= 15 is 0 Å². The zero-order valence-electron chi connectivity index (χ0n) is 8.87. The molecular weight excluding hydrogens is 313 g/mol. The van der Waals surface area contributed by atoms with Gasteiger partial charge in [0.05, 0.1) is 11.4 Å². The number of nitrogen functional groups attached to an aromatic ring is 1. The second-order valence-electron chi connectivity index (χ2n) is 3.49. The van der Waals surface area contributed by atoms with Gasteiger partial charge in [-0.3, -0.25) is 0 Å². The lowest BCUT2D eigenvalue weighted by Gasteiger charge is -2.10. The van der Waals surface area contributed by atoms with E-state index in [-0.39, 0.29) is 0 Å². The first kappa shape index (κ1) is 11.2. The van der Waals surface area contributed by atoms with Gasteiger partial charge in [-0.25, -0.2) is 4.98 Å². The maximum Gasteiger partial charge on any atom is 0.153 e. The van der Waals surface area contributed by atoms with Gasteiger partial charge in [0.25, 0.3) is 0 Å². The minimum absolute atomic E-state index is 0.696. The van der Waals surface area contributed by atoms with E-state index in [1.807, 2.05) is 37.3 Å². The van der Waals surface area contributed by atoms with Crippen LogP contribution in [-0.4, -0.2) is 4.98 Å². The molecule has 3 N–H and O–H groups in total. The Kier molecular flexibility index (Phi) is 3.28. The van der Waals surface area contributed by atoms with Crippen molar-refractivity contribution < 1.29 is 0 Å². The Labute approximate surface area is 108 Å². The van der Waals surface area contributed by atoms with Gasteiger partial charge in [0, 0.05) is 9.77 Å². The number of benzene rings is 1. The van der Waals surface area contributed by atoms with Crippen molar-refractivity contribution in [3.63, 3.8) is 0 Å². The summed E-state index contributed by atoms with van der Waals surface area (Å²) in [5, 5.41) is 3.24. The maximum absolute atomic E-state index is 5.95. The van der Waals surface area contributed by atoms with Crippen LogP contribution in [0.15, 0.2) is 36.5 Å². The van der Waals surface area contributed by atoms with Crippen LogP contribution in [0.4, 0.5) is 17.2 Å². The lowest BCUT2D eigenvalue weighted by atomic mass is 10.2. The predicted octanol–water partition coefficient (Wildman–Crippen LogP) is 3.32. The van der Waals surface area contributed by atoms with Gasteiger partial charge in [-0.1, -0.05) is 12.1 Å². The summed E-state index contributed by atoms with van der Waals surface area (Å²) < 4.78 is 1.14. The van der Waals surface area contributed by atoms with Crippen LogP contribution in [0.25, 0.3) is 0 Å². The van der Waals surface area contributed by atoms with Gasteiger partial charge < -0.3 is 11.1 Å². The second kappa shape index (κ2) is 4.69. The molecule has 0 bridgehead atoms. The number of hydrogen-bond acceptors (Lipinski definition) is 3. The normalized spacial score (nSPS) is 10.1. The SMILES string of the molecule is Cc1ccnc(Nc2ccccc2I)c1N. The van der Waals surface area contributed by atoms with E-state index < -0.39 is 0 Å². The molecule has 0 aliphatic carbocycles. The first-order valence-corrected chi connectivity index (χ1v) is 5.99. The van der Waals surface area contributed by atoms with Gasteiger partial charge in [0.15, 0.2) is 5.82 Å². The molecule has 3 nitrogen and oxygen atoms in total. The molecule has 82 valence electrons. The molecule has 0 unspecified atom stereocenters. The molecule has 0 atom stereocenters. The van der Waals surface area contributed by atoms with E-state index in [2.05, 4.69) is 32.9 Å². The summed E-state index contributed by atoms with van der Waals surface area (Å²) in [5.41, 5.74) is 8.70. The zero-order valence-corrected chi connectivity index (χ0v) is 11.0. The summed E-state index contributed by atoms with van der Waals surface area (Å²) >= 11 is 2.28. The highest BCUT2D eigenvalue weighted by Gasteiger charge is 2.04. The first-order valence-electron chi connectivity index (χ1n) is 4.91. The van der Waals surface area contributed by atoms with Gasteiger partial charge in [-0.15, -0.1) is 0 Å². The number of anilines is 3. The zero-order chi connectivity index (χ0) is 11.5. The fraction of sp³-hybridized carbons (Fsp3) is 0.0833. The van der Waals surface area contributed by atoms with Crippen LogP contribution in [0, 0.1) is 10.5 Å². The van der Waals surface area contributed by atoms with E-state index in [4.69, 9.17) is 5.73 Å². The molecule has 0 spiro atoms. The van der Waals surface area contributed by atoms with E-state index in [9.17, 15) is 0 Å². The van der Waals surface area contributed by atoms with Gasteiger partial charge in [-0.05, 0) is 53.3 Å². The summed E-state index contributed by atoms with van der Waals surface area (Å²) in [4.78, 5) is 4.24. The van der Waals surface area contributed by atoms with Crippen molar-refractivity contribution in [1.29, 1.82) is 0 Å². The minimum Gasteiger partial charge on any atom is -0.396 e. The molecule has 1 heterocycles. The lowest BCUT2D eigenvalue weighted by Crippen LogP contribution is -2.01. The smallest absolute Gasteiger partial charge is 0.153 e. The Morgan fingerprint density at radius 2 is 2.00 bits per heavy atom. The van der Waals surface area contributed by atoms with Crippen LogP contribution in [0.3, 0.4) is 0 Å². The molecule has 0 aliphatic rings. The number of para-hydroxylation sites is 1. The molecule has 0 aliphatic heterocycles. The number of nitrogens with zero attached hydrogens (tertiary/aromatic N) is 1. The number of pyridine rings is 1. The number of rotatable bonds is 2. The van der Waals surface area contributed by atoms with Gasteiger partial charge in [0.1, 0.15) is 0 Å². The Bertz CT molecular complexity index is 511. The summed E-state index contributed by atoms with van der Waals surface area (Å²) in [7, 11) is 0. The number of aromatic nitrogens is 1. The van der Waals surface area contributed by atoms with Crippen molar-refractivity contribution in [1.82, 2.24) is 4.98 Å². The predicted molar refractivity (Wildman–Crippen MR) is 75.8 cm³/mol. The molecule has 16 heavy (non-hydrogen) atoms. The number of hydrogen-bond donors (Lipinski definition) is 2. The molecule has 0 saturated carbocycles. The highest BCUT2D eigenvalue weighted by molar-refractivity contribution is 14.1. The van der Waals surface area contributed by atoms with Gasteiger partial charge in [0.2, 0.25) is 0 Å². The Hall–Kier alpha value is -1.30. The lowest BCUT2D eigenvalue weighted by molar-refractivity contribution is 1.27. The topological polar surface area (TPSA) is 50.9 Å². The number of nitrogens with two attached hydrogens (primary N) is 1. The van der Waals surface area contributed by atoms with Crippen LogP contribution in [0.1, 0.15) is 5.56 Å². The van der Waals surface area contributed by atoms with E-state index in [1.54, 1.807) is 6.20 Å². The third kappa shape index (κ3) is 2.27. The highest BCUT2D eigenvalue weighted by Crippen LogP contribution is 2.25. The Balaban J connectivity index is 2.35. The molecular formula is C12H12IN3. The molecule has 1 aromatic heterocycles. The molecule has 1 aromatic carbocycles. The summed E-state index contributed by atoms with van der Waals surface area (Å²) in [6.45, 7) is 1.97. The van der Waals surface area contributed by atoms with Crippen LogP contribution in [-0.2, 0) is 0 Å². The number of aryl methyl sites for hydroxylation is 1. The quantitative estimate of drug-likeness (QED) is 0.833. The molecule has 4 heteroatoms. The molecule has 0 fully saturated rings. The van der Waals surface area contributed by atoms with Crippen molar-refractivity contribution in [2.45, 2.75) is 6.92 Å². The summed E-state index contributed by atoms with van der Waals surface area (Å²) in [6, 6.07) is 9.92. The third-order valence-electron chi connectivity index (χ3n) is 2.34. The van der Waals surface area contributed by atoms with Crippen molar-refractivity contribution in [2.24, 2.45) is 0 Å². The summed E-state index contributed by atoms with van der Waals surface area (Å²) in [5.74, 6) is 0.712. The highest BCUT2D eigenvalue weighted by atomic mass is 127. The monoisotopic (exact) mass is 325 g/mol. The fourth-order valence-corrected chi connectivity index (χ4v) is 1.88. The van der Waals surface area contributed by atoms with E-state index in [0.29, 0.717) is 11.5 Å². The summed E-state index contributed by atoms with van der Waals surface area (Å²) in [6.07, 6.45) is 1.75. The number of nitrogens with one attached hydrogen (secondary N) is 1. The maximum atomic E-state index is 5.95. The number of halogens is 1. The average molecular weight is 325 g/mol. The third-order valence-corrected chi connectivity index (χ3v) is 3.28. The molecule has 0 amide bonds. The largest absolute Gasteiger partial charge is 0.396 e. The minimum atomic E-state index is 0.696. The van der Waals surface area contributed by atoms with Crippen molar-refractivity contribution >= 4 is 39.8 Å². The molecule has 0 saturated heterocycles. The van der Waals surface area contributed by atoms with Crippen LogP contribution in [0.2, 0.25) is 0 Å². The first-order chi connectivity index (χ1) is 7.68. The van der Waals surface area contributed by atoms with E-state index in [0.717, 1.165) is 14.8 Å². The van der Waals surface area contributed by atoms with Crippen LogP contribution < -0.4 is 11.1 Å². The van der Waals surface area contributed by atoms with Crippen LogP contribution in [0.5, 0.6) is 0 Å². The molecule has 2 aromatic rings. The van der Waals surface area contributed by atoms with Crippen LogP contribution >= 0.6 is 22.6 Å². The van der Waals surface area contributed by atoms with Crippen molar-refractivity contribution in [2.75, 3.05) is 11.1 Å². The standard InChI is InChI=1S/C12H12IN3/c1-8-6-7-15-12(11(8)14)16-10-5-3-2-4-9(10)13/h2-7H,14H2,1H3,(H,15,16). The van der Waals surface area contributed by atoms with Crippen molar-refractivity contribution in [3.05, 3.63) is 45.7 Å². The van der Waals surface area contributed by atoms with Gasteiger partial charge in [-0.2, -0.15) is 0 Å². The molecule has 0 radical (unpaired) electrons. The Morgan fingerprint density at radius 3 is 2.75 bits per heavy atom. The Morgan fingerprint density at radius 1 is 1.25 bits per heavy atom. The average Bonchev–Trinajstić information content (AvgIpc) is 2.28.